The Hall–Kier alpha value is -2.92. The van der Waals surface area contributed by atoms with E-state index in [2.05, 4.69) is 98.9 Å². The zero-order chi connectivity index (χ0) is 33.4. The third-order valence-electron chi connectivity index (χ3n) is 8.64. The standard InChI is InChI=1S/C27H29N2Si.C13H24O2.Ir/c1-27(2,3)24-15-21(14-20-12-13-22(16-23(20)24)30(4,5)6)26-17-25(28-18-29-26)19-10-8-7-9-11-19;1-5-10(6-2)12(14)9-13(15)11(7-3)8-4;/h7-13,15-18H,1-6H3;9-11,14H,5-8H2,1-4H3;/q-1;;/b;12-9-;. The minimum absolute atomic E-state index is 0. The molecule has 0 aliphatic rings. The molecule has 1 heterocycles. The van der Waals surface area contributed by atoms with Crippen LogP contribution in [0.25, 0.3) is 33.3 Å². The molecule has 0 saturated carbocycles. The number of rotatable bonds is 10. The van der Waals surface area contributed by atoms with Crippen molar-refractivity contribution in [1.29, 1.82) is 0 Å². The van der Waals surface area contributed by atoms with Crippen molar-refractivity contribution >= 4 is 29.8 Å². The van der Waals surface area contributed by atoms with E-state index in [4.69, 9.17) is 0 Å². The number of nitrogens with zero attached hydrogens (tertiary/aromatic N) is 2. The van der Waals surface area contributed by atoms with Crippen LogP contribution in [-0.2, 0) is 30.3 Å². The van der Waals surface area contributed by atoms with E-state index in [9.17, 15) is 9.90 Å². The zero-order valence-corrected chi connectivity index (χ0v) is 32.9. The number of hydrogen-bond donors (Lipinski definition) is 1. The molecule has 6 heteroatoms. The molecule has 0 bridgehead atoms. The van der Waals surface area contributed by atoms with E-state index >= 15 is 0 Å². The van der Waals surface area contributed by atoms with Gasteiger partial charge in [0.05, 0.1) is 19.5 Å². The van der Waals surface area contributed by atoms with E-state index in [0.717, 1.165) is 53.6 Å². The number of aliphatic hydroxyl groups is 1. The predicted octanol–water partition coefficient (Wildman–Crippen LogP) is 10.5. The average Bonchev–Trinajstić information content (AvgIpc) is 3.01. The van der Waals surface area contributed by atoms with Crippen molar-refractivity contribution < 1.29 is 30.0 Å². The summed E-state index contributed by atoms with van der Waals surface area (Å²) in [6.45, 7) is 22.1. The maximum absolute atomic E-state index is 11.7. The van der Waals surface area contributed by atoms with Crippen molar-refractivity contribution in [3.63, 3.8) is 0 Å². The summed E-state index contributed by atoms with van der Waals surface area (Å²) in [6, 6.07) is 25.1. The number of fused-ring (bicyclic) bond motifs is 1. The van der Waals surface area contributed by atoms with Gasteiger partial charge >= 0.3 is 0 Å². The second-order valence-electron chi connectivity index (χ2n) is 14.0. The van der Waals surface area contributed by atoms with Gasteiger partial charge in [0.25, 0.3) is 0 Å². The maximum atomic E-state index is 11.7. The molecule has 1 N–H and O–H groups in total. The summed E-state index contributed by atoms with van der Waals surface area (Å²) in [5, 5.41) is 13.7. The Morgan fingerprint density at radius 2 is 1.43 bits per heavy atom. The Labute approximate surface area is 292 Å². The summed E-state index contributed by atoms with van der Waals surface area (Å²) in [6.07, 6.45) is 6.56. The van der Waals surface area contributed by atoms with Crippen LogP contribution in [0.4, 0.5) is 0 Å². The number of aromatic nitrogens is 2. The fraction of sp³-hybridized carbons (Fsp3) is 0.425. The van der Waals surface area contributed by atoms with Gasteiger partial charge in [-0.05, 0) is 42.7 Å². The Balaban J connectivity index is 0.000000394. The second kappa shape index (κ2) is 17.3. The van der Waals surface area contributed by atoms with Crippen LogP contribution in [-0.4, -0.2) is 28.9 Å². The van der Waals surface area contributed by atoms with Crippen LogP contribution < -0.4 is 5.19 Å². The smallest absolute Gasteiger partial charge is 0.162 e. The van der Waals surface area contributed by atoms with Gasteiger partial charge in [0, 0.05) is 43.7 Å². The van der Waals surface area contributed by atoms with Crippen molar-refractivity contribution in [1.82, 2.24) is 9.97 Å². The number of hydrogen-bond acceptors (Lipinski definition) is 4. The first-order valence-electron chi connectivity index (χ1n) is 16.6. The molecule has 4 rings (SSSR count). The first kappa shape index (κ1) is 39.3. The Kier molecular flexibility index (Phi) is 14.8. The summed E-state index contributed by atoms with van der Waals surface area (Å²) >= 11 is 0. The van der Waals surface area contributed by atoms with Crippen LogP contribution in [0.3, 0.4) is 0 Å². The topological polar surface area (TPSA) is 63.1 Å². The van der Waals surface area contributed by atoms with Crippen LogP contribution in [0, 0.1) is 17.9 Å². The summed E-state index contributed by atoms with van der Waals surface area (Å²) in [5.74, 6) is 0.547. The first-order valence-corrected chi connectivity index (χ1v) is 20.1. The van der Waals surface area contributed by atoms with Gasteiger partial charge in [-0.25, -0.2) is 4.98 Å². The predicted molar refractivity (Wildman–Crippen MR) is 195 cm³/mol. The normalized spacial score (nSPS) is 12.1. The number of aliphatic hydroxyl groups excluding tert-OH is 1. The molecular weight excluding hydrogens is 761 g/mol. The van der Waals surface area contributed by atoms with E-state index in [1.807, 2.05) is 45.9 Å². The molecule has 0 spiro atoms. The van der Waals surface area contributed by atoms with Crippen molar-refractivity contribution in [2.75, 3.05) is 0 Å². The molecular formula is C40H53IrN2O2Si-. The molecule has 4 nitrogen and oxygen atoms in total. The molecule has 0 aliphatic carbocycles. The molecule has 3 aromatic carbocycles. The van der Waals surface area contributed by atoms with Crippen molar-refractivity contribution in [3.05, 3.63) is 90.5 Å². The van der Waals surface area contributed by atoms with Crippen LogP contribution in [0.15, 0.2) is 78.8 Å². The number of allylic oxidation sites excluding steroid dienone is 2. The number of carbonyl (C=O) groups excluding carboxylic acids is 1. The SMILES string of the molecule is CC(C)(C)c1cc(-c2cc(-c3ccccc3)ncn2)[c-]c2ccc([Si](C)(C)C)cc12.CCC(CC)C(=O)/C=C(\O)C(CC)CC.[Ir]. The Morgan fingerprint density at radius 1 is 0.848 bits per heavy atom. The Morgan fingerprint density at radius 3 is 1.98 bits per heavy atom. The molecule has 4 aromatic rings. The number of ketones is 1. The molecule has 46 heavy (non-hydrogen) atoms. The summed E-state index contributed by atoms with van der Waals surface area (Å²) in [5.41, 5.74) is 5.32. The largest absolute Gasteiger partial charge is 0.512 e. The minimum atomic E-state index is -1.39. The second-order valence-corrected chi connectivity index (χ2v) is 19.1. The third-order valence-corrected chi connectivity index (χ3v) is 10.7. The van der Waals surface area contributed by atoms with E-state index in [1.54, 1.807) is 6.33 Å². The van der Waals surface area contributed by atoms with Crippen LogP contribution >= 0.6 is 0 Å². The van der Waals surface area contributed by atoms with Gasteiger partial charge in [0.2, 0.25) is 0 Å². The fourth-order valence-corrected chi connectivity index (χ4v) is 6.72. The number of carbonyl (C=O) groups is 1. The molecule has 0 amide bonds. The first-order chi connectivity index (χ1) is 21.2. The van der Waals surface area contributed by atoms with Gasteiger partial charge in [-0.3, -0.25) is 9.78 Å². The van der Waals surface area contributed by atoms with Crippen molar-refractivity contribution in [2.45, 2.75) is 99.2 Å². The monoisotopic (exact) mass is 814 g/mol. The molecule has 1 aromatic heterocycles. The summed E-state index contributed by atoms with van der Waals surface area (Å²) in [4.78, 5) is 20.8. The van der Waals surface area contributed by atoms with Crippen molar-refractivity contribution in [2.24, 2.45) is 11.8 Å². The van der Waals surface area contributed by atoms with E-state index < -0.39 is 8.07 Å². The van der Waals surface area contributed by atoms with E-state index in [1.165, 1.54) is 22.2 Å². The molecule has 0 unspecified atom stereocenters. The number of benzene rings is 3. The quantitative estimate of drug-likeness (QED) is 0.0750. The summed E-state index contributed by atoms with van der Waals surface area (Å²) in [7, 11) is -1.39. The molecule has 0 aliphatic heterocycles. The minimum Gasteiger partial charge on any atom is -0.512 e. The van der Waals surface area contributed by atoms with E-state index in [0.29, 0.717) is 0 Å². The van der Waals surface area contributed by atoms with Crippen LogP contribution in [0.2, 0.25) is 19.6 Å². The molecule has 0 saturated heterocycles. The zero-order valence-electron chi connectivity index (χ0n) is 29.5. The Bertz CT molecular complexity index is 1600. The van der Waals surface area contributed by atoms with Gasteiger partial charge in [0.15, 0.2) is 5.78 Å². The van der Waals surface area contributed by atoms with Gasteiger partial charge < -0.3 is 5.11 Å². The van der Waals surface area contributed by atoms with Gasteiger partial charge in [0.1, 0.15) is 6.33 Å². The molecule has 0 atom stereocenters. The molecule has 1 radical (unpaired) electrons. The third kappa shape index (κ3) is 10.3. The van der Waals surface area contributed by atoms with Crippen LogP contribution in [0.5, 0.6) is 0 Å². The van der Waals surface area contributed by atoms with Crippen molar-refractivity contribution in [3.8, 4) is 22.5 Å². The average molecular weight is 814 g/mol. The fourth-order valence-electron chi connectivity index (χ4n) is 5.56. The maximum Gasteiger partial charge on any atom is 0.162 e. The molecule has 249 valence electrons. The van der Waals surface area contributed by atoms with Gasteiger partial charge in [-0.15, -0.1) is 29.1 Å². The summed E-state index contributed by atoms with van der Waals surface area (Å²) < 4.78 is 0. The van der Waals surface area contributed by atoms with E-state index in [-0.39, 0.29) is 48.9 Å². The van der Waals surface area contributed by atoms with Crippen LogP contribution in [0.1, 0.15) is 79.7 Å². The van der Waals surface area contributed by atoms with Gasteiger partial charge in [-0.1, -0.05) is 127 Å². The van der Waals surface area contributed by atoms with Gasteiger partial charge in [-0.2, -0.15) is 0 Å². The molecule has 0 fully saturated rings.